The van der Waals surface area contributed by atoms with Gasteiger partial charge in [-0.2, -0.15) is 0 Å². The molecule has 0 fully saturated rings. The molecule has 0 rings (SSSR count). The first-order valence-corrected chi connectivity index (χ1v) is 11.7. The molecule has 4 heteroatoms. The zero-order valence-electron chi connectivity index (χ0n) is 18.2. The molecule has 3 N–H and O–H groups in total. The van der Waals surface area contributed by atoms with Crippen molar-refractivity contribution in [1.29, 1.82) is 0 Å². The Bertz CT molecular complexity index is 323. The van der Waals surface area contributed by atoms with Gasteiger partial charge in [0.05, 0.1) is 18.8 Å². The number of nitrogens with one attached hydrogen (secondary N) is 1. The van der Waals surface area contributed by atoms with Crippen LogP contribution in [-0.2, 0) is 4.79 Å². The molecular weight excluding hydrogens is 338 g/mol. The monoisotopic (exact) mass is 385 g/mol. The van der Waals surface area contributed by atoms with Crippen molar-refractivity contribution in [1.82, 2.24) is 5.32 Å². The first-order valence-electron chi connectivity index (χ1n) is 11.7. The van der Waals surface area contributed by atoms with Gasteiger partial charge in [-0.3, -0.25) is 4.79 Å². The Balaban J connectivity index is 3.59. The summed E-state index contributed by atoms with van der Waals surface area (Å²) in [5.41, 5.74) is 0. The maximum absolute atomic E-state index is 12.0. The topological polar surface area (TPSA) is 69.6 Å². The Labute approximate surface area is 168 Å². The second-order valence-electron chi connectivity index (χ2n) is 8.06. The van der Waals surface area contributed by atoms with E-state index in [-0.39, 0.29) is 12.5 Å². The number of aliphatic hydroxyl groups excluding tert-OH is 2. The molecule has 0 saturated heterocycles. The Morgan fingerprint density at radius 2 is 1.19 bits per heavy atom. The van der Waals surface area contributed by atoms with E-state index in [1.54, 1.807) is 0 Å². The standard InChI is InChI=1S/C23H47NO3/c1-3-5-7-9-10-11-12-13-14-15-17-19-23(27)24-21(20-25)22(26)18-16-8-6-4-2/h21-22,25-26H,3-20H2,1-2H3,(H,24,27). The number of carbonyl (C=O) groups is 1. The summed E-state index contributed by atoms with van der Waals surface area (Å²) in [6.45, 7) is 4.21. The van der Waals surface area contributed by atoms with Crippen LogP contribution < -0.4 is 5.32 Å². The van der Waals surface area contributed by atoms with Gasteiger partial charge in [0.15, 0.2) is 0 Å². The Kier molecular flexibility index (Phi) is 19.7. The summed E-state index contributed by atoms with van der Waals surface area (Å²) in [6.07, 6.45) is 18.8. The third kappa shape index (κ3) is 17.2. The fourth-order valence-electron chi connectivity index (χ4n) is 3.47. The summed E-state index contributed by atoms with van der Waals surface area (Å²) in [4.78, 5) is 12.0. The van der Waals surface area contributed by atoms with Crippen LogP contribution in [0.2, 0.25) is 0 Å². The molecule has 0 radical (unpaired) electrons. The number of amides is 1. The van der Waals surface area contributed by atoms with Gasteiger partial charge in [-0.05, 0) is 12.8 Å². The Morgan fingerprint density at radius 1 is 0.741 bits per heavy atom. The minimum Gasteiger partial charge on any atom is -0.394 e. The van der Waals surface area contributed by atoms with E-state index in [1.165, 1.54) is 64.2 Å². The molecule has 2 unspecified atom stereocenters. The lowest BCUT2D eigenvalue weighted by Gasteiger charge is -2.22. The van der Waals surface area contributed by atoms with Gasteiger partial charge in [-0.15, -0.1) is 0 Å². The highest BCUT2D eigenvalue weighted by molar-refractivity contribution is 5.76. The fourth-order valence-corrected chi connectivity index (χ4v) is 3.47. The van der Waals surface area contributed by atoms with Gasteiger partial charge in [0.2, 0.25) is 5.91 Å². The second-order valence-corrected chi connectivity index (χ2v) is 8.06. The largest absolute Gasteiger partial charge is 0.394 e. The van der Waals surface area contributed by atoms with Crippen molar-refractivity contribution in [3.8, 4) is 0 Å². The third-order valence-electron chi connectivity index (χ3n) is 5.37. The van der Waals surface area contributed by atoms with Crippen LogP contribution >= 0.6 is 0 Å². The Hall–Kier alpha value is -0.610. The summed E-state index contributed by atoms with van der Waals surface area (Å²) >= 11 is 0. The SMILES string of the molecule is CCCCCCCCCCCCCC(=O)NC(CO)C(O)CCCCCC. The van der Waals surface area contributed by atoms with Crippen molar-refractivity contribution >= 4 is 5.91 Å². The van der Waals surface area contributed by atoms with Gasteiger partial charge in [0, 0.05) is 6.42 Å². The number of rotatable bonds is 20. The zero-order chi connectivity index (χ0) is 20.2. The molecule has 0 saturated carbocycles. The average Bonchev–Trinajstić information content (AvgIpc) is 2.67. The maximum Gasteiger partial charge on any atom is 0.220 e. The highest BCUT2D eigenvalue weighted by Crippen LogP contribution is 2.12. The quantitative estimate of drug-likeness (QED) is 0.242. The molecule has 0 aliphatic rings. The lowest BCUT2D eigenvalue weighted by atomic mass is 10.0. The van der Waals surface area contributed by atoms with Gasteiger partial charge in [-0.25, -0.2) is 0 Å². The van der Waals surface area contributed by atoms with E-state index in [0.717, 1.165) is 32.1 Å². The summed E-state index contributed by atoms with van der Waals surface area (Å²) in [7, 11) is 0. The molecule has 1 amide bonds. The van der Waals surface area contributed by atoms with Gasteiger partial charge < -0.3 is 15.5 Å². The average molecular weight is 386 g/mol. The molecule has 0 aromatic rings. The predicted octanol–water partition coefficient (Wildman–Crippen LogP) is 5.50. The molecule has 2 atom stereocenters. The molecule has 0 aliphatic carbocycles. The predicted molar refractivity (Wildman–Crippen MR) is 115 cm³/mol. The van der Waals surface area contributed by atoms with Crippen LogP contribution in [0.15, 0.2) is 0 Å². The van der Waals surface area contributed by atoms with Crippen LogP contribution in [0.1, 0.15) is 123 Å². The number of aliphatic hydroxyl groups is 2. The van der Waals surface area contributed by atoms with E-state index in [9.17, 15) is 15.0 Å². The van der Waals surface area contributed by atoms with Crippen LogP contribution in [0.4, 0.5) is 0 Å². The highest BCUT2D eigenvalue weighted by Gasteiger charge is 2.19. The van der Waals surface area contributed by atoms with E-state index in [2.05, 4.69) is 19.2 Å². The molecule has 0 aromatic carbocycles. The lowest BCUT2D eigenvalue weighted by molar-refractivity contribution is -0.123. The number of hydrogen-bond donors (Lipinski definition) is 3. The van der Waals surface area contributed by atoms with Crippen molar-refractivity contribution in [2.75, 3.05) is 6.61 Å². The van der Waals surface area contributed by atoms with Crippen molar-refractivity contribution in [3.63, 3.8) is 0 Å². The second kappa shape index (κ2) is 20.1. The molecule has 0 heterocycles. The van der Waals surface area contributed by atoms with E-state index < -0.39 is 12.1 Å². The molecule has 0 aliphatic heterocycles. The van der Waals surface area contributed by atoms with Crippen LogP contribution in [0, 0.1) is 0 Å². The summed E-state index contributed by atoms with van der Waals surface area (Å²) in [5.74, 6) is -0.0439. The molecule has 4 nitrogen and oxygen atoms in total. The van der Waals surface area contributed by atoms with Gasteiger partial charge in [0.1, 0.15) is 0 Å². The third-order valence-corrected chi connectivity index (χ3v) is 5.37. The maximum atomic E-state index is 12.0. The minimum atomic E-state index is -0.645. The lowest BCUT2D eigenvalue weighted by Crippen LogP contribution is -2.45. The van der Waals surface area contributed by atoms with Crippen LogP contribution in [0.5, 0.6) is 0 Å². The molecule has 0 bridgehead atoms. The molecule has 0 aromatic heterocycles. The molecule has 0 spiro atoms. The number of unbranched alkanes of at least 4 members (excludes halogenated alkanes) is 13. The van der Waals surface area contributed by atoms with Gasteiger partial charge in [-0.1, -0.05) is 104 Å². The molecule has 27 heavy (non-hydrogen) atoms. The van der Waals surface area contributed by atoms with Crippen LogP contribution in [-0.4, -0.2) is 34.9 Å². The first-order chi connectivity index (χ1) is 13.2. The Morgan fingerprint density at radius 3 is 1.67 bits per heavy atom. The van der Waals surface area contributed by atoms with Gasteiger partial charge >= 0.3 is 0 Å². The van der Waals surface area contributed by atoms with E-state index in [0.29, 0.717) is 12.8 Å². The van der Waals surface area contributed by atoms with Crippen molar-refractivity contribution in [2.45, 2.75) is 135 Å². The summed E-state index contributed by atoms with van der Waals surface area (Å²) in [6, 6.07) is -0.521. The number of hydrogen-bond acceptors (Lipinski definition) is 3. The van der Waals surface area contributed by atoms with Crippen molar-refractivity contribution in [2.24, 2.45) is 0 Å². The first kappa shape index (κ1) is 26.4. The van der Waals surface area contributed by atoms with E-state index in [4.69, 9.17) is 0 Å². The zero-order valence-corrected chi connectivity index (χ0v) is 18.2. The normalized spacial score (nSPS) is 13.5. The van der Waals surface area contributed by atoms with E-state index in [1.807, 2.05) is 0 Å². The van der Waals surface area contributed by atoms with Crippen LogP contribution in [0.25, 0.3) is 0 Å². The smallest absolute Gasteiger partial charge is 0.220 e. The number of carbonyl (C=O) groups excluding carboxylic acids is 1. The van der Waals surface area contributed by atoms with Gasteiger partial charge in [0.25, 0.3) is 0 Å². The molecular formula is C23H47NO3. The fraction of sp³-hybridized carbons (Fsp3) is 0.957. The molecule has 162 valence electrons. The van der Waals surface area contributed by atoms with E-state index >= 15 is 0 Å². The summed E-state index contributed by atoms with van der Waals surface area (Å²) in [5, 5.41) is 22.4. The minimum absolute atomic E-state index is 0.0439. The highest BCUT2D eigenvalue weighted by atomic mass is 16.3. The van der Waals surface area contributed by atoms with Crippen molar-refractivity contribution in [3.05, 3.63) is 0 Å². The van der Waals surface area contributed by atoms with Crippen molar-refractivity contribution < 1.29 is 15.0 Å². The van der Waals surface area contributed by atoms with Crippen LogP contribution in [0.3, 0.4) is 0 Å². The summed E-state index contributed by atoms with van der Waals surface area (Å²) < 4.78 is 0.